The molecule has 1 aliphatic heterocycles. The number of benzene rings is 1. The summed E-state index contributed by atoms with van der Waals surface area (Å²) in [6.45, 7) is 6.85. The van der Waals surface area contributed by atoms with Crippen molar-refractivity contribution in [2.45, 2.75) is 13.0 Å². The van der Waals surface area contributed by atoms with Crippen molar-refractivity contribution in [2.75, 3.05) is 53.6 Å². The van der Waals surface area contributed by atoms with Gasteiger partial charge in [0.15, 0.2) is 0 Å². The van der Waals surface area contributed by atoms with Gasteiger partial charge < -0.3 is 19.5 Å². The van der Waals surface area contributed by atoms with Crippen LogP contribution in [0.25, 0.3) is 0 Å². The van der Waals surface area contributed by atoms with Crippen LogP contribution < -0.4 is 14.8 Å². The van der Waals surface area contributed by atoms with Crippen LogP contribution in [-0.4, -0.2) is 58.5 Å². The van der Waals surface area contributed by atoms with Crippen LogP contribution in [0.4, 0.5) is 0 Å². The highest BCUT2D eigenvalue weighted by Gasteiger charge is 2.09. The van der Waals surface area contributed by atoms with E-state index in [0.717, 1.165) is 63.9 Å². The highest BCUT2D eigenvalue weighted by molar-refractivity contribution is 5.85. The molecule has 0 amide bonds. The monoisotopic (exact) mass is 366 g/mol. The molecule has 1 saturated heterocycles. The molecule has 0 saturated carbocycles. The number of hydrogen-bond donors (Lipinski definition) is 1. The molecule has 0 atom stereocenters. The average molecular weight is 367 g/mol. The number of halogens is 2. The van der Waals surface area contributed by atoms with Gasteiger partial charge in [-0.1, -0.05) is 0 Å². The Kier molecular flexibility index (Phi) is 12.3. The molecule has 0 aliphatic carbocycles. The minimum Gasteiger partial charge on any atom is -0.497 e. The standard InChI is InChI=1S/C16H26N2O3.2ClH/c1-19-15-10-14(11-16(12-15)20-2)13-17-4-3-5-18-6-8-21-9-7-18;;/h10-12,17H,3-9,13H2,1-2H3;2*1H. The molecule has 0 bridgehead atoms. The van der Waals surface area contributed by atoms with Crippen LogP contribution in [0.5, 0.6) is 11.5 Å². The van der Waals surface area contributed by atoms with E-state index in [2.05, 4.69) is 10.2 Å². The van der Waals surface area contributed by atoms with Gasteiger partial charge in [0.1, 0.15) is 11.5 Å². The lowest BCUT2D eigenvalue weighted by molar-refractivity contribution is 0.0374. The second kappa shape index (κ2) is 12.7. The topological polar surface area (TPSA) is 43.0 Å². The minimum atomic E-state index is 0. The minimum absolute atomic E-state index is 0. The summed E-state index contributed by atoms with van der Waals surface area (Å²) >= 11 is 0. The molecule has 1 aliphatic rings. The number of methoxy groups -OCH3 is 2. The Labute approximate surface area is 151 Å². The Balaban J connectivity index is 0.00000242. The predicted molar refractivity (Wildman–Crippen MR) is 97.6 cm³/mol. The van der Waals surface area contributed by atoms with Gasteiger partial charge >= 0.3 is 0 Å². The molecule has 1 aromatic rings. The highest BCUT2D eigenvalue weighted by Crippen LogP contribution is 2.22. The number of nitrogens with zero attached hydrogens (tertiary/aromatic N) is 1. The average Bonchev–Trinajstić information content (AvgIpc) is 2.55. The molecule has 1 N–H and O–H groups in total. The van der Waals surface area contributed by atoms with Crippen LogP contribution in [0.3, 0.4) is 0 Å². The second-order valence-corrected chi connectivity index (χ2v) is 5.21. The van der Waals surface area contributed by atoms with E-state index in [-0.39, 0.29) is 24.8 Å². The van der Waals surface area contributed by atoms with Crippen molar-refractivity contribution < 1.29 is 14.2 Å². The number of ether oxygens (including phenoxy) is 3. The Morgan fingerprint density at radius 1 is 1.04 bits per heavy atom. The Bertz CT molecular complexity index is 408. The van der Waals surface area contributed by atoms with Crippen LogP contribution in [0.15, 0.2) is 18.2 Å². The third-order valence-corrected chi connectivity index (χ3v) is 3.67. The Hall–Kier alpha value is -0.720. The molecule has 0 spiro atoms. The Morgan fingerprint density at radius 2 is 1.65 bits per heavy atom. The van der Waals surface area contributed by atoms with E-state index < -0.39 is 0 Å². The summed E-state index contributed by atoms with van der Waals surface area (Å²) in [4.78, 5) is 2.46. The number of hydrogen-bond acceptors (Lipinski definition) is 5. The van der Waals surface area contributed by atoms with Gasteiger partial charge in [-0.05, 0) is 37.2 Å². The summed E-state index contributed by atoms with van der Waals surface area (Å²) in [6, 6.07) is 5.97. The molecule has 2 rings (SSSR count). The Morgan fingerprint density at radius 3 is 2.22 bits per heavy atom. The summed E-state index contributed by atoms with van der Waals surface area (Å²) in [5.74, 6) is 1.67. The SMILES string of the molecule is COc1cc(CNCCCN2CCOCC2)cc(OC)c1.Cl.Cl. The number of rotatable bonds is 8. The van der Waals surface area contributed by atoms with Gasteiger partial charge in [0.05, 0.1) is 27.4 Å². The molecule has 0 aromatic heterocycles. The largest absolute Gasteiger partial charge is 0.497 e. The molecule has 1 heterocycles. The summed E-state index contributed by atoms with van der Waals surface area (Å²) in [5, 5.41) is 3.47. The molecule has 0 radical (unpaired) electrons. The molecule has 1 aromatic carbocycles. The molecular weight excluding hydrogens is 339 g/mol. The van der Waals surface area contributed by atoms with Gasteiger partial charge in [-0.3, -0.25) is 4.90 Å². The van der Waals surface area contributed by atoms with Gasteiger partial charge in [0.25, 0.3) is 0 Å². The fraction of sp³-hybridized carbons (Fsp3) is 0.625. The van der Waals surface area contributed by atoms with Crippen LogP contribution in [0, 0.1) is 0 Å². The maximum Gasteiger partial charge on any atom is 0.122 e. The molecule has 23 heavy (non-hydrogen) atoms. The molecule has 134 valence electrons. The van der Waals surface area contributed by atoms with Crippen LogP contribution in [-0.2, 0) is 11.3 Å². The fourth-order valence-corrected chi connectivity index (χ4v) is 2.45. The van der Waals surface area contributed by atoms with E-state index in [0.29, 0.717) is 0 Å². The number of nitrogens with one attached hydrogen (secondary N) is 1. The first-order chi connectivity index (χ1) is 10.3. The predicted octanol–water partition coefficient (Wildman–Crippen LogP) is 2.36. The van der Waals surface area contributed by atoms with Gasteiger partial charge in [0, 0.05) is 25.7 Å². The van der Waals surface area contributed by atoms with Crippen molar-refractivity contribution in [1.29, 1.82) is 0 Å². The molecular formula is C16H28Cl2N2O3. The quantitative estimate of drug-likeness (QED) is 0.715. The van der Waals surface area contributed by atoms with E-state index in [4.69, 9.17) is 14.2 Å². The molecule has 5 nitrogen and oxygen atoms in total. The maximum atomic E-state index is 5.35. The van der Waals surface area contributed by atoms with Crippen molar-refractivity contribution in [2.24, 2.45) is 0 Å². The van der Waals surface area contributed by atoms with Crippen molar-refractivity contribution in [1.82, 2.24) is 10.2 Å². The van der Waals surface area contributed by atoms with E-state index >= 15 is 0 Å². The zero-order valence-electron chi connectivity index (χ0n) is 13.9. The van der Waals surface area contributed by atoms with Gasteiger partial charge in [-0.15, -0.1) is 24.8 Å². The van der Waals surface area contributed by atoms with Gasteiger partial charge in [-0.2, -0.15) is 0 Å². The van der Waals surface area contributed by atoms with Crippen LogP contribution in [0.1, 0.15) is 12.0 Å². The lowest BCUT2D eigenvalue weighted by Crippen LogP contribution is -2.37. The van der Waals surface area contributed by atoms with Crippen molar-refractivity contribution >= 4 is 24.8 Å². The van der Waals surface area contributed by atoms with Crippen molar-refractivity contribution in [3.8, 4) is 11.5 Å². The summed E-state index contributed by atoms with van der Waals surface area (Å²) < 4.78 is 15.9. The van der Waals surface area contributed by atoms with Crippen LogP contribution >= 0.6 is 24.8 Å². The summed E-state index contributed by atoms with van der Waals surface area (Å²) in [5.41, 5.74) is 1.18. The maximum absolute atomic E-state index is 5.35. The first-order valence-corrected chi connectivity index (χ1v) is 7.54. The zero-order valence-corrected chi connectivity index (χ0v) is 15.5. The van der Waals surface area contributed by atoms with Crippen molar-refractivity contribution in [3.63, 3.8) is 0 Å². The lowest BCUT2D eigenvalue weighted by Gasteiger charge is -2.26. The number of morpholine rings is 1. The molecule has 1 fully saturated rings. The zero-order chi connectivity index (χ0) is 14.9. The van der Waals surface area contributed by atoms with Gasteiger partial charge in [-0.25, -0.2) is 0 Å². The van der Waals surface area contributed by atoms with E-state index in [1.54, 1.807) is 14.2 Å². The summed E-state index contributed by atoms with van der Waals surface area (Å²) in [6.07, 6.45) is 1.15. The third-order valence-electron chi connectivity index (χ3n) is 3.67. The van der Waals surface area contributed by atoms with E-state index in [9.17, 15) is 0 Å². The van der Waals surface area contributed by atoms with E-state index in [1.165, 1.54) is 5.56 Å². The summed E-state index contributed by atoms with van der Waals surface area (Å²) in [7, 11) is 3.35. The van der Waals surface area contributed by atoms with Crippen molar-refractivity contribution in [3.05, 3.63) is 23.8 Å². The smallest absolute Gasteiger partial charge is 0.122 e. The lowest BCUT2D eigenvalue weighted by atomic mass is 10.2. The normalized spacial score (nSPS) is 14.5. The second-order valence-electron chi connectivity index (χ2n) is 5.21. The highest BCUT2D eigenvalue weighted by atomic mass is 35.5. The fourth-order valence-electron chi connectivity index (χ4n) is 2.45. The first-order valence-electron chi connectivity index (χ1n) is 7.54. The van der Waals surface area contributed by atoms with Gasteiger partial charge in [0.2, 0.25) is 0 Å². The first kappa shape index (κ1) is 22.3. The molecule has 0 unspecified atom stereocenters. The molecule has 7 heteroatoms. The van der Waals surface area contributed by atoms with Crippen LogP contribution in [0.2, 0.25) is 0 Å². The third kappa shape index (κ3) is 8.08. The van der Waals surface area contributed by atoms with E-state index in [1.807, 2.05) is 18.2 Å².